The minimum absolute atomic E-state index is 0.153. The number of carboxylic acid groups (broad SMARTS) is 1. The molecular weight excluding hydrogens is 264 g/mol. The van der Waals surface area contributed by atoms with Crippen molar-refractivity contribution in [1.82, 2.24) is 4.90 Å². The van der Waals surface area contributed by atoms with Gasteiger partial charge in [0.05, 0.1) is 10.6 Å². The first-order chi connectivity index (χ1) is 8.90. The van der Waals surface area contributed by atoms with Crippen molar-refractivity contribution >= 4 is 23.3 Å². The van der Waals surface area contributed by atoms with E-state index >= 15 is 0 Å². The van der Waals surface area contributed by atoms with Crippen LogP contribution >= 0.6 is 11.6 Å². The molecule has 5 heteroatoms. The number of hydrogen-bond donors (Lipinski definition) is 1. The van der Waals surface area contributed by atoms with Gasteiger partial charge in [0.25, 0.3) is 0 Å². The molecule has 0 aliphatic carbocycles. The van der Waals surface area contributed by atoms with Crippen molar-refractivity contribution < 1.29 is 9.90 Å². The summed E-state index contributed by atoms with van der Waals surface area (Å²) < 4.78 is 0. The minimum atomic E-state index is -0.989. The molecule has 0 bridgehead atoms. The molecule has 1 saturated heterocycles. The average molecular weight is 283 g/mol. The van der Waals surface area contributed by atoms with Gasteiger partial charge in [-0.2, -0.15) is 0 Å². The van der Waals surface area contributed by atoms with Crippen LogP contribution in [0.2, 0.25) is 5.02 Å². The molecule has 1 aromatic rings. The third-order valence-electron chi connectivity index (χ3n) is 3.81. The second-order valence-electron chi connectivity index (χ2n) is 5.26. The lowest BCUT2D eigenvalue weighted by Gasteiger charge is -2.43. The molecule has 1 heterocycles. The van der Waals surface area contributed by atoms with E-state index in [1.165, 1.54) is 0 Å². The molecule has 1 N–H and O–H groups in total. The summed E-state index contributed by atoms with van der Waals surface area (Å²) in [5.74, 6) is -0.989. The predicted molar refractivity (Wildman–Crippen MR) is 77.3 cm³/mol. The Morgan fingerprint density at radius 3 is 2.58 bits per heavy atom. The molecule has 104 valence electrons. The van der Waals surface area contributed by atoms with Crippen LogP contribution in [0.3, 0.4) is 0 Å². The topological polar surface area (TPSA) is 43.8 Å². The molecular formula is C14H19ClN2O2. The maximum absolute atomic E-state index is 11.0. The first kappa shape index (κ1) is 14.2. The van der Waals surface area contributed by atoms with E-state index in [-0.39, 0.29) is 5.56 Å². The highest BCUT2D eigenvalue weighted by Gasteiger charge is 2.27. The molecule has 0 unspecified atom stereocenters. The van der Waals surface area contributed by atoms with Gasteiger partial charge in [-0.05, 0) is 39.1 Å². The number of hydrogen-bond acceptors (Lipinski definition) is 3. The molecule has 1 fully saturated rings. The highest BCUT2D eigenvalue weighted by atomic mass is 35.5. The van der Waals surface area contributed by atoms with Crippen LogP contribution in [0.1, 0.15) is 24.2 Å². The van der Waals surface area contributed by atoms with E-state index in [1.54, 1.807) is 12.1 Å². The Morgan fingerprint density at radius 1 is 1.32 bits per heavy atom. The number of aromatic carboxylic acids is 1. The van der Waals surface area contributed by atoms with Crippen LogP contribution in [0.25, 0.3) is 0 Å². The van der Waals surface area contributed by atoms with Gasteiger partial charge in [-0.15, -0.1) is 0 Å². The molecule has 1 aliphatic rings. The Morgan fingerprint density at radius 2 is 2.00 bits per heavy atom. The summed E-state index contributed by atoms with van der Waals surface area (Å²) in [5, 5.41) is 9.29. The fourth-order valence-corrected chi connectivity index (χ4v) is 2.77. The zero-order valence-electron chi connectivity index (χ0n) is 11.4. The van der Waals surface area contributed by atoms with Gasteiger partial charge in [0.2, 0.25) is 0 Å². The lowest BCUT2D eigenvalue weighted by molar-refractivity contribution is 0.0697. The van der Waals surface area contributed by atoms with Crippen molar-refractivity contribution in [2.24, 2.45) is 0 Å². The Balaban J connectivity index is 2.27. The molecule has 0 spiro atoms. The molecule has 2 atom stereocenters. The standard InChI is InChI=1S/C14H19ClN2O2/c1-9-8-17(10(2)7-16(9)3)11-4-5-12(14(18)19)13(15)6-11/h4-6,9-10H,7-8H2,1-3H3,(H,18,19)/t9-,10-/m1/s1. The molecule has 0 aromatic heterocycles. The third-order valence-corrected chi connectivity index (χ3v) is 4.13. The van der Waals surface area contributed by atoms with Gasteiger partial charge in [-0.3, -0.25) is 4.90 Å². The van der Waals surface area contributed by atoms with Crippen LogP contribution in [0.4, 0.5) is 5.69 Å². The maximum Gasteiger partial charge on any atom is 0.337 e. The summed E-state index contributed by atoms with van der Waals surface area (Å²) in [6.45, 7) is 6.26. The number of rotatable bonds is 2. The second kappa shape index (κ2) is 5.39. The largest absolute Gasteiger partial charge is 0.478 e. The predicted octanol–water partition coefficient (Wildman–Crippen LogP) is 2.57. The van der Waals surface area contributed by atoms with E-state index in [9.17, 15) is 4.79 Å². The van der Waals surface area contributed by atoms with Crippen molar-refractivity contribution in [1.29, 1.82) is 0 Å². The molecule has 4 nitrogen and oxygen atoms in total. The number of carbonyl (C=O) groups is 1. The number of halogens is 1. The van der Waals surface area contributed by atoms with Gasteiger partial charge in [0, 0.05) is 30.9 Å². The van der Waals surface area contributed by atoms with Crippen molar-refractivity contribution in [3.05, 3.63) is 28.8 Å². The highest BCUT2D eigenvalue weighted by molar-refractivity contribution is 6.33. The van der Waals surface area contributed by atoms with Gasteiger partial charge in [-0.1, -0.05) is 11.6 Å². The van der Waals surface area contributed by atoms with E-state index in [4.69, 9.17) is 16.7 Å². The lowest BCUT2D eigenvalue weighted by Crippen LogP contribution is -2.55. The van der Waals surface area contributed by atoms with E-state index in [1.807, 2.05) is 6.07 Å². The number of piperazine rings is 1. The monoisotopic (exact) mass is 282 g/mol. The zero-order chi connectivity index (χ0) is 14.2. The smallest absolute Gasteiger partial charge is 0.337 e. The van der Waals surface area contributed by atoms with Crippen LogP contribution in [-0.2, 0) is 0 Å². The molecule has 0 amide bonds. The highest BCUT2D eigenvalue weighted by Crippen LogP contribution is 2.27. The number of nitrogens with zero attached hydrogens (tertiary/aromatic N) is 2. The maximum atomic E-state index is 11.0. The molecule has 1 aliphatic heterocycles. The molecule has 2 rings (SSSR count). The average Bonchev–Trinajstić information content (AvgIpc) is 2.33. The van der Waals surface area contributed by atoms with Gasteiger partial charge in [-0.25, -0.2) is 4.79 Å². The number of carboxylic acids is 1. The van der Waals surface area contributed by atoms with E-state index in [0.29, 0.717) is 17.1 Å². The molecule has 1 aromatic carbocycles. The van der Waals surface area contributed by atoms with Gasteiger partial charge >= 0.3 is 5.97 Å². The summed E-state index contributed by atoms with van der Waals surface area (Å²) >= 11 is 6.04. The quantitative estimate of drug-likeness (QED) is 0.905. The van der Waals surface area contributed by atoms with Crippen LogP contribution in [0, 0.1) is 0 Å². The van der Waals surface area contributed by atoms with E-state index in [0.717, 1.165) is 18.8 Å². The van der Waals surface area contributed by atoms with Crippen LogP contribution in [-0.4, -0.2) is 48.2 Å². The SMILES string of the molecule is C[C@@H]1CN(c2ccc(C(=O)O)c(Cl)c2)[C@H](C)CN1C. The van der Waals surface area contributed by atoms with Crippen molar-refractivity contribution in [2.45, 2.75) is 25.9 Å². The van der Waals surface area contributed by atoms with E-state index in [2.05, 4.69) is 30.7 Å². The van der Waals surface area contributed by atoms with Gasteiger partial charge < -0.3 is 10.0 Å². The fraction of sp³-hybridized carbons (Fsp3) is 0.500. The summed E-state index contributed by atoms with van der Waals surface area (Å²) in [7, 11) is 2.12. The van der Waals surface area contributed by atoms with Crippen molar-refractivity contribution in [2.75, 3.05) is 25.0 Å². The van der Waals surface area contributed by atoms with Crippen LogP contribution < -0.4 is 4.90 Å². The molecule has 19 heavy (non-hydrogen) atoms. The van der Waals surface area contributed by atoms with Gasteiger partial charge in [0.15, 0.2) is 0 Å². The Labute approximate surface area is 118 Å². The van der Waals surface area contributed by atoms with Crippen molar-refractivity contribution in [3.63, 3.8) is 0 Å². The molecule has 0 saturated carbocycles. The van der Waals surface area contributed by atoms with Crippen molar-refractivity contribution in [3.8, 4) is 0 Å². The van der Waals surface area contributed by atoms with Crippen LogP contribution in [0.15, 0.2) is 18.2 Å². The Bertz CT molecular complexity index is 492. The fourth-order valence-electron chi connectivity index (χ4n) is 2.52. The first-order valence-corrected chi connectivity index (χ1v) is 6.77. The first-order valence-electron chi connectivity index (χ1n) is 6.40. The number of likely N-dealkylation sites (N-methyl/N-ethyl adjacent to an activating group) is 1. The van der Waals surface area contributed by atoms with E-state index < -0.39 is 5.97 Å². The summed E-state index contributed by atoms with van der Waals surface area (Å²) in [6.07, 6.45) is 0. The summed E-state index contributed by atoms with van der Waals surface area (Å²) in [6, 6.07) is 6.01. The number of anilines is 1. The summed E-state index contributed by atoms with van der Waals surface area (Å²) in [5.41, 5.74) is 1.14. The molecule has 0 radical (unpaired) electrons. The Kier molecular flexibility index (Phi) is 4.02. The summed E-state index contributed by atoms with van der Waals surface area (Å²) in [4.78, 5) is 15.6. The normalized spacial score (nSPS) is 24.5. The third kappa shape index (κ3) is 2.85. The number of benzene rings is 1. The zero-order valence-corrected chi connectivity index (χ0v) is 12.2. The minimum Gasteiger partial charge on any atom is -0.478 e. The van der Waals surface area contributed by atoms with Crippen LogP contribution in [0.5, 0.6) is 0 Å². The Hall–Kier alpha value is -1.26. The second-order valence-corrected chi connectivity index (χ2v) is 5.67. The van der Waals surface area contributed by atoms with Gasteiger partial charge in [0.1, 0.15) is 0 Å². The lowest BCUT2D eigenvalue weighted by atomic mass is 10.1.